The Kier molecular flexibility index (Phi) is 9.38. The second-order valence-corrected chi connectivity index (χ2v) is 12.2. The van der Waals surface area contributed by atoms with Crippen molar-refractivity contribution in [2.24, 2.45) is 0 Å². The van der Waals surface area contributed by atoms with Gasteiger partial charge < -0.3 is 18.7 Å². The van der Waals surface area contributed by atoms with Crippen molar-refractivity contribution in [3.63, 3.8) is 0 Å². The Bertz CT molecular complexity index is 1640. The summed E-state index contributed by atoms with van der Waals surface area (Å²) in [6.45, 7) is 6.03. The minimum atomic E-state index is -3.89. The Labute approximate surface area is 248 Å². The maximum atomic E-state index is 13.1. The number of rotatable bonds is 12. The third kappa shape index (κ3) is 7.26. The van der Waals surface area contributed by atoms with E-state index in [1.54, 1.807) is 31.4 Å². The van der Waals surface area contributed by atoms with Gasteiger partial charge in [0.2, 0.25) is 0 Å². The Morgan fingerprint density at radius 2 is 1.90 bits per heavy atom. The van der Waals surface area contributed by atoms with Gasteiger partial charge in [-0.1, -0.05) is 11.2 Å². The highest BCUT2D eigenvalue weighted by molar-refractivity contribution is 7.92. The second-order valence-electron chi connectivity index (χ2n) is 9.52. The molecule has 2 aromatic carbocycles. The average molecular weight is 610 g/mol. The molecule has 0 radical (unpaired) electrons. The highest BCUT2D eigenvalue weighted by Gasteiger charge is 2.18. The summed E-state index contributed by atoms with van der Waals surface area (Å²) in [6, 6.07) is 14.9. The number of anilines is 1. The summed E-state index contributed by atoms with van der Waals surface area (Å²) in [6.07, 6.45) is 3.16. The second kappa shape index (κ2) is 13.3. The molecule has 10 nitrogen and oxygen atoms in total. The molecular formula is C30H31N3O7S2. The van der Waals surface area contributed by atoms with E-state index in [1.807, 2.05) is 29.6 Å². The zero-order valence-corrected chi connectivity index (χ0v) is 24.9. The highest BCUT2D eigenvalue weighted by atomic mass is 32.2. The molecule has 4 aromatic rings. The van der Waals surface area contributed by atoms with Crippen molar-refractivity contribution in [3.05, 3.63) is 82.9 Å². The lowest BCUT2D eigenvalue weighted by Gasteiger charge is -2.26. The summed E-state index contributed by atoms with van der Waals surface area (Å²) in [7, 11) is -2.27. The first-order valence-electron chi connectivity index (χ1n) is 13.3. The van der Waals surface area contributed by atoms with E-state index >= 15 is 0 Å². The van der Waals surface area contributed by atoms with E-state index in [2.05, 4.69) is 14.8 Å². The van der Waals surface area contributed by atoms with Crippen LogP contribution in [0, 0.1) is 6.92 Å². The number of nitrogens with one attached hydrogen (secondary N) is 1. The summed E-state index contributed by atoms with van der Waals surface area (Å²) in [5.41, 5.74) is 1.95. The fourth-order valence-electron chi connectivity index (χ4n) is 4.41. The number of methoxy groups -OCH3 is 1. The van der Waals surface area contributed by atoms with E-state index in [0.29, 0.717) is 42.6 Å². The topological polar surface area (TPSA) is 120 Å². The summed E-state index contributed by atoms with van der Waals surface area (Å²) in [5.74, 6) is 1.55. The van der Waals surface area contributed by atoms with Gasteiger partial charge in [0.05, 0.1) is 25.2 Å². The number of aromatic nitrogens is 1. The molecule has 1 saturated heterocycles. The molecule has 1 aliphatic heterocycles. The highest BCUT2D eigenvalue weighted by Crippen LogP contribution is 2.39. The van der Waals surface area contributed by atoms with Crippen LogP contribution in [0.15, 0.2) is 75.5 Å². The van der Waals surface area contributed by atoms with Crippen LogP contribution in [0.25, 0.3) is 16.5 Å². The fraction of sp³-hybridized carbons (Fsp3) is 0.267. The van der Waals surface area contributed by atoms with Gasteiger partial charge in [-0.3, -0.25) is 14.4 Å². The van der Waals surface area contributed by atoms with E-state index in [4.69, 9.17) is 18.7 Å². The Hall–Kier alpha value is -3.97. The van der Waals surface area contributed by atoms with E-state index in [-0.39, 0.29) is 16.5 Å². The molecule has 0 unspecified atom stereocenters. The third-order valence-corrected chi connectivity index (χ3v) is 8.89. The van der Waals surface area contributed by atoms with Crippen molar-refractivity contribution in [2.75, 3.05) is 51.3 Å². The third-order valence-electron chi connectivity index (χ3n) is 6.62. The number of ether oxygens (including phenoxy) is 3. The number of thiophene rings is 1. The Balaban J connectivity index is 1.34. The van der Waals surface area contributed by atoms with Crippen LogP contribution in [0.3, 0.4) is 0 Å². The lowest BCUT2D eigenvalue weighted by molar-refractivity contribution is 0.0322. The number of nitrogens with zero attached hydrogens (tertiary/aromatic N) is 2. The van der Waals surface area contributed by atoms with Gasteiger partial charge in [0, 0.05) is 53.3 Å². The van der Waals surface area contributed by atoms with Crippen molar-refractivity contribution < 1.29 is 31.9 Å². The van der Waals surface area contributed by atoms with Gasteiger partial charge in [0.1, 0.15) is 23.9 Å². The zero-order valence-electron chi connectivity index (χ0n) is 23.2. The van der Waals surface area contributed by atoms with Crippen molar-refractivity contribution in [3.8, 4) is 21.9 Å². The van der Waals surface area contributed by atoms with Crippen LogP contribution >= 0.6 is 11.3 Å². The van der Waals surface area contributed by atoms with Gasteiger partial charge in [-0.15, -0.1) is 11.3 Å². The van der Waals surface area contributed by atoms with E-state index in [1.165, 1.54) is 36.4 Å². The smallest absolute Gasteiger partial charge is 0.263 e. The molecule has 0 saturated carbocycles. The van der Waals surface area contributed by atoms with Gasteiger partial charge in [0.15, 0.2) is 11.6 Å². The molecule has 0 amide bonds. The summed E-state index contributed by atoms with van der Waals surface area (Å²) in [5, 5.41) is 5.65. The van der Waals surface area contributed by atoms with Crippen LogP contribution in [0.1, 0.15) is 21.7 Å². The standard InChI is InChI=1S/C30H31N3O7S2/c1-21-18-30(31-40-21)32-42(35,36)24-8-5-22(6-9-24)26(34)10-7-23-19-25(29-4-3-17-41-29)28(37-2)20-27(23)39-16-13-33-11-14-38-15-12-33/h3-10,17-20H,11-16H2,1-2H3,(H,31,32). The zero-order chi connectivity index (χ0) is 29.5. The molecule has 0 aliphatic carbocycles. The van der Waals surface area contributed by atoms with E-state index in [0.717, 1.165) is 35.6 Å². The monoisotopic (exact) mass is 609 g/mol. The van der Waals surface area contributed by atoms with Crippen molar-refractivity contribution in [1.29, 1.82) is 0 Å². The average Bonchev–Trinajstić information content (AvgIpc) is 3.68. The molecule has 42 heavy (non-hydrogen) atoms. The molecule has 0 spiro atoms. The molecule has 3 heterocycles. The maximum absolute atomic E-state index is 13.1. The van der Waals surface area contributed by atoms with Gasteiger partial charge in [-0.2, -0.15) is 0 Å². The van der Waals surface area contributed by atoms with Crippen LogP contribution in [0.2, 0.25) is 0 Å². The maximum Gasteiger partial charge on any atom is 0.263 e. The van der Waals surface area contributed by atoms with Gasteiger partial charge in [-0.25, -0.2) is 8.42 Å². The first-order chi connectivity index (χ1) is 20.3. The first kappa shape index (κ1) is 29.5. The Morgan fingerprint density at radius 3 is 2.57 bits per heavy atom. The lowest BCUT2D eigenvalue weighted by Crippen LogP contribution is -2.38. The largest absolute Gasteiger partial charge is 0.496 e. The number of sulfonamides is 1. The predicted molar refractivity (Wildman–Crippen MR) is 161 cm³/mol. The number of allylic oxidation sites excluding steroid dienone is 1. The number of carbonyl (C=O) groups excluding carboxylic acids is 1. The predicted octanol–water partition coefficient (Wildman–Crippen LogP) is 5.13. The molecule has 1 N–H and O–H groups in total. The molecule has 2 aromatic heterocycles. The minimum Gasteiger partial charge on any atom is -0.496 e. The molecule has 0 atom stereocenters. The van der Waals surface area contributed by atoms with Crippen LogP contribution in [0.4, 0.5) is 5.82 Å². The van der Waals surface area contributed by atoms with Crippen LogP contribution in [0.5, 0.6) is 11.5 Å². The number of benzene rings is 2. The molecule has 0 bridgehead atoms. The minimum absolute atomic E-state index is 0.00428. The molecule has 12 heteroatoms. The van der Waals surface area contributed by atoms with E-state index < -0.39 is 10.0 Å². The number of hydrogen-bond donors (Lipinski definition) is 1. The molecular weight excluding hydrogens is 578 g/mol. The normalized spacial score (nSPS) is 14.2. The van der Waals surface area contributed by atoms with Crippen molar-refractivity contribution >= 4 is 39.0 Å². The number of aryl methyl sites for hydroxylation is 1. The number of ketones is 1. The van der Waals surface area contributed by atoms with Gasteiger partial charge in [0.25, 0.3) is 10.0 Å². The van der Waals surface area contributed by atoms with Crippen molar-refractivity contribution in [2.45, 2.75) is 11.8 Å². The quantitative estimate of drug-likeness (QED) is 0.172. The molecule has 220 valence electrons. The summed E-state index contributed by atoms with van der Waals surface area (Å²) >= 11 is 1.59. The summed E-state index contributed by atoms with van der Waals surface area (Å²) < 4.78 is 49.9. The summed E-state index contributed by atoms with van der Waals surface area (Å²) in [4.78, 5) is 16.4. The Morgan fingerprint density at radius 1 is 1.12 bits per heavy atom. The van der Waals surface area contributed by atoms with E-state index in [9.17, 15) is 13.2 Å². The molecule has 1 fully saturated rings. The molecule has 5 rings (SSSR count). The van der Waals surface area contributed by atoms with Gasteiger partial charge in [-0.05, 0) is 60.9 Å². The van der Waals surface area contributed by atoms with Gasteiger partial charge >= 0.3 is 0 Å². The number of carbonyl (C=O) groups is 1. The fourth-order valence-corrected chi connectivity index (χ4v) is 6.14. The first-order valence-corrected chi connectivity index (χ1v) is 15.7. The molecule has 1 aliphatic rings. The number of morpholine rings is 1. The SMILES string of the molecule is COc1cc(OCCN2CCOCC2)c(C=CC(=O)c2ccc(S(=O)(=O)Nc3cc(C)on3)cc2)cc1-c1cccs1. The lowest BCUT2D eigenvalue weighted by atomic mass is 10.0. The number of hydrogen-bond acceptors (Lipinski definition) is 10. The van der Waals surface area contributed by atoms with Crippen LogP contribution in [-0.4, -0.2) is 70.8 Å². The van der Waals surface area contributed by atoms with Crippen LogP contribution < -0.4 is 14.2 Å². The van der Waals surface area contributed by atoms with Crippen molar-refractivity contribution in [1.82, 2.24) is 10.1 Å². The van der Waals surface area contributed by atoms with Crippen LogP contribution in [-0.2, 0) is 14.8 Å².